The van der Waals surface area contributed by atoms with Crippen molar-refractivity contribution >= 4 is 5.97 Å². The van der Waals surface area contributed by atoms with Gasteiger partial charge in [-0.3, -0.25) is 4.79 Å². The molecule has 0 aromatic carbocycles. The monoisotopic (exact) mass is 186 g/mol. The van der Waals surface area contributed by atoms with Gasteiger partial charge >= 0.3 is 5.97 Å². The van der Waals surface area contributed by atoms with Crippen LogP contribution in [0.25, 0.3) is 10.4 Å². The van der Waals surface area contributed by atoms with E-state index in [0.29, 0.717) is 19.5 Å². The van der Waals surface area contributed by atoms with Crippen LogP contribution in [0.15, 0.2) is 5.11 Å². The largest absolute Gasteiger partial charge is 0.468 e. The Labute approximate surface area is 76.9 Å². The molecule has 0 saturated carbocycles. The number of methoxy groups -OCH3 is 1. The Morgan fingerprint density at radius 2 is 2.46 bits per heavy atom. The van der Waals surface area contributed by atoms with Crippen LogP contribution in [0.3, 0.4) is 0 Å². The van der Waals surface area contributed by atoms with Crippen molar-refractivity contribution in [2.24, 2.45) is 5.11 Å². The van der Waals surface area contributed by atoms with Gasteiger partial charge in [-0.25, -0.2) is 0 Å². The van der Waals surface area contributed by atoms with Crippen LogP contribution in [0.1, 0.15) is 13.3 Å². The lowest BCUT2D eigenvalue weighted by Gasteiger charge is -2.09. The third-order valence-corrected chi connectivity index (χ3v) is 1.50. The molecule has 1 atom stereocenters. The van der Waals surface area contributed by atoms with Gasteiger partial charge in [-0.1, -0.05) is 5.11 Å². The summed E-state index contributed by atoms with van der Waals surface area (Å²) in [6, 6.07) is -0.309. The second kappa shape index (κ2) is 7.39. The Kier molecular flexibility index (Phi) is 6.68. The Hall–Kier alpha value is -1.26. The summed E-state index contributed by atoms with van der Waals surface area (Å²) in [5.74, 6) is -0.288. The van der Waals surface area contributed by atoms with Gasteiger partial charge in [0.05, 0.1) is 7.11 Å². The van der Waals surface area contributed by atoms with Crippen molar-refractivity contribution in [2.45, 2.75) is 19.4 Å². The minimum atomic E-state index is -0.309. The highest BCUT2D eigenvalue weighted by atomic mass is 16.5. The first-order chi connectivity index (χ1) is 6.22. The van der Waals surface area contributed by atoms with Gasteiger partial charge in [0.2, 0.25) is 0 Å². The fourth-order valence-electron chi connectivity index (χ4n) is 0.773. The fourth-order valence-corrected chi connectivity index (χ4v) is 0.773. The molecule has 13 heavy (non-hydrogen) atoms. The normalized spacial score (nSPS) is 11.5. The molecule has 0 spiro atoms. The van der Waals surface area contributed by atoms with Crippen molar-refractivity contribution in [3.63, 3.8) is 0 Å². The van der Waals surface area contributed by atoms with E-state index in [-0.39, 0.29) is 12.0 Å². The number of hydrogen-bond donors (Lipinski definition) is 1. The van der Waals surface area contributed by atoms with E-state index >= 15 is 0 Å². The number of nitrogens with zero attached hydrogens (tertiary/aromatic N) is 3. The van der Waals surface area contributed by atoms with Gasteiger partial charge in [0.1, 0.15) is 6.04 Å². The lowest BCUT2D eigenvalue weighted by Crippen LogP contribution is -2.35. The molecule has 0 aromatic heterocycles. The maximum atomic E-state index is 10.9. The summed E-state index contributed by atoms with van der Waals surface area (Å²) in [5.41, 5.74) is 7.96. The molecule has 0 heterocycles. The zero-order valence-corrected chi connectivity index (χ0v) is 7.86. The van der Waals surface area contributed by atoms with Crippen LogP contribution >= 0.6 is 0 Å². The van der Waals surface area contributed by atoms with Gasteiger partial charge in [0, 0.05) is 11.5 Å². The molecule has 0 aliphatic carbocycles. The maximum Gasteiger partial charge on any atom is 0.322 e. The second-order valence-corrected chi connectivity index (χ2v) is 2.51. The summed E-state index contributed by atoms with van der Waals surface area (Å²) in [6.45, 7) is 2.80. The molecule has 6 nitrogen and oxygen atoms in total. The van der Waals surface area contributed by atoms with Gasteiger partial charge in [-0.05, 0) is 25.4 Å². The summed E-state index contributed by atoms with van der Waals surface area (Å²) in [6.07, 6.45) is 0.714. The number of rotatable bonds is 6. The van der Waals surface area contributed by atoms with Crippen LogP contribution in [-0.4, -0.2) is 32.2 Å². The number of hydrogen-bond acceptors (Lipinski definition) is 4. The average Bonchev–Trinajstić information content (AvgIpc) is 2.16. The first kappa shape index (κ1) is 11.7. The fraction of sp³-hybridized carbons (Fsp3) is 0.857. The SMILES string of the molecule is COC(=O)C(C)NCCCN=[N+]=[N-]. The molecule has 0 aliphatic heterocycles. The molecule has 0 saturated heterocycles. The Bertz CT molecular complexity index is 201. The standard InChI is InChI=1S/C7H14N4O2/c1-6(7(12)13-2)9-4-3-5-10-11-8/h6,9H,3-5H2,1-2H3. The molecular formula is C7H14N4O2. The van der Waals surface area contributed by atoms with Crippen LogP contribution in [0.2, 0.25) is 0 Å². The summed E-state index contributed by atoms with van der Waals surface area (Å²) < 4.78 is 4.51. The molecule has 0 amide bonds. The van der Waals surface area contributed by atoms with E-state index in [1.807, 2.05) is 0 Å². The first-order valence-electron chi connectivity index (χ1n) is 4.04. The molecule has 0 aliphatic rings. The average molecular weight is 186 g/mol. The van der Waals surface area contributed by atoms with Crippen molar-refractivity contribution in [2.75, 3.05) is 20.2 Å². The summed E-state index contributed by atoms with van der Waals surface area (Å²) in [7, 11) is 1.35. The van der Waals surface area contributed by atoms with Crippen molar-refractivity contribution in [3.05, 3.63) is 10.4 Å². The number of carbonyl (C=O) groups excluding carboxylic acids is 1. The van der Waals surface area contributed by atoms with Crippen molar-refractivity contribution in [1.82, 2.24) is 5.32 Å². The minimum absolute atomic E-state index is 0.288. The second-order valence-electron chi connectivity index (χ2n) is 2.51. The molecule has 0 bridgehead atoms. The highest BCUT2D eigenvalue weighted by Gasteiger charge is 2.10. The van der Waals surface area contributed by atoms with Crippen molar-refractivity contribution < 1.29 is 9.53 Å². The van der Waals surface area contributed by atoms with E-state index in [1.54, 1.807) is 6.92 Å². The molecular weight excluding hydrogens is 172 g/mol. The van der Waals surface area contributed by atoms with E-state index in [9.17, 15) is 4.79 Å². The number of azide groups is 1. The van der Waals surface area contributed by atoms with Crippen molar-refractivity contribution in [1.29, 1.82) is 0 Å². The van der Waals surface area contributed by atoms with E-state index < -0.39 is 0 Å². The third kappa shape index (κ3) is 5.95. The molecule has 0 fully saturated rings. The Morgan fingerprint density at radius 1 is 1.77 bits per heavy atom. The highest BCUT2D eigenvalue weighted by Crippen LogP contribution is 1.87. The molecule has 0 aromatic rings. The number of nitrogens with one attached hydrogen (secondary N) is 1. The zero-order chi connectivity index (χ0) is 10.1. The highest BCUT2D eigenvalue weighted by molar-refractivity contribution is 5.74. The molecule has 1 unspecified atom stereocenters. The molecule has 0 rings (SSSR count). The lowest BCUT2D eigenvalue weighted by molar-refractivity contribution is -0.142. The van der Waals surface area contributed by atoms with E-state index in [2.05, 4.69) is 20.1 Å². The third-order valence-electron chi connectivity index (χ3n) is 1.50. The first-order valence-corrected chi connectivity index (χ1v) is 4.04. The van der Waals surface area contributed by atoms with E-state index in [4.69, 9.17) is 5.53 Å². The summed E-state index contributed by atoms with van der Waals surface area (Å²) in [5, 5.41) is 6.29. The molecule has 1 N–H and O–H groups in total. The van der Waals surface area contributed by atoms with Gasteiger partial charge in [0.15, 0.2) is 0 Å². The molecule has 0 radical (unpaired) electrons. The number of carbonyl (C=O) groups is 1. The lowest BCUT2D eigenvalue weighted by atomic mass is 10.3. The van der Waals surface area contributed by atoms with Crippen LogP contribution in [0.5, 0.6) is 0 Å². The zero-order valence-electron chi connectivity index (χ0n) is 7.86. The summed E-state index contributed by atoms with van der Waals surface area (Å²) >= 11 is 0. The smallest absolute Gasteiger partial charge is 0.322 e. The topological polar surface area (TPSA) is 87.1 Å². The van der Waals surface area contributed by atoms with Gasteiger partial charge in [0.25, 0.3) is 0 Å². The van der Waals surface area contributed by atoms with E-state index in [1.165, 1.54) is 7.11 Å². The van der Waals surface area contributed by atoms with Gasteiger partial charge in [-0.15, -0.1) is 0 Å². The predicted molar refractivity (Wildman–Crippen MR) is 48.1 cm³/mol. The quantitative estimate of drug-likeness (QED) is 0.219. The van der Waals surface area contributed by atoms with Crippen LogP contribution < -0.4 is 5.32 Å². The minimum Gasteiger partial charge on any atom is -0.468 e. The number of ether oxygens (including phenoxy) is 1. The van der Waals surface area contributed by atoms with Crippen molar-refractivity contribution in [3.8, 4) is 0 Å². The molecule has 6 heteroatoms. The molecule has 74 valence electrons. The van der Waals surface area contributed by atoms with Crippen LogP contribution in [-0.2, 0) is 9.53 Å². The van der Waals surface area contributed by atoms with Gasteiger partial charge < -0.3 is 10.1 Å². The maximum absolute atomic E-state index is 10.9. The van der Waals surface area contributed by atoms with Crippen LogP contribution in [0, 0.1) is 0 Å². The van der Waals surface area contributed by atoms with E-state index in [0.717, 1.165) is 0 Å². The Morgan fingerprint density at radius 3 is 3.00 bits per heavy atom. The predicted octanol–water partition coefficient (Wildman–Crippen LogP) is 0.838. The number of esters is 1. The van der Waals surface area contributed by atoms with Crippen LogP contribution in [0.4, 0.5) is 0 Å². The van der Waals surface area contributed by atoms with Gasteiger partial charge in [-0.2, -0.15) is 0 Å². The summed E-state index contributed by atoms with van der Waals surface area (Å²) in [4.78, 5) is 13.5. The Balaban J connectivity index is 3.41.